The minimum absolute atomic E-state index is 0.0518. The highest BCUT2D eigenvalue weighted by Gasteiger charge is 2.24. The number of benzene rings is 1. The van der Waals surface area contributed by atoms with Crippen molar-refractivity contribution in [1.82, 2.24) is 5.32 Å². The fourth-order valence-electron chi connectivity index (χ4n) is 2.09. The number of ketones is 1. The Bertz CT molecular complexity index is 473. The lowest BCUT2D eigenvalue weighted by Gasteiger charge is -2.21. The van der Waals surface area contributed by atoms with E-state index in [0.717, 1.165) is 25.9 Å². The monoisotopic (exact) mass is 232 g/mol. The number of nitriles is 1. The number of piperidine rings is 1. The van der Waals surface area contributed by atoms with Crippen molar-refractivity contribution in [3.63, 3.8) is 0 Å². The van der Waals surface area contributed by atoms with Crippen LogP contribution in [0, 0.1) is 23.1 Å². The van der Waals surface area contributed by atoms with Crippen molar-refractivity contribution in [1.29, 1.82) is 5.26 Å². The molecule has 0 bridgehead atoms. The van der Waals surface area contributed by atoms with Gasteiger partial charge in [-0.1, -0.05) is 0 Å². The van der Waals surface area contributed by atoms with Crippen molar-refractivity contribution in [3.05, 3.63) is 35.1 Å². The quantitative estimate of drug-likeness (QED) is 0.792. The Morgan fingerprint density at radius 2 is 2.12 bits per heavy atom. The van der Waals surface area contributed by atoms with Gasteiger partial charge in [-0.25, -0.2) is 4.39 Å². The molecule has 0 aromatic heterocycles. The summed E-state index contributed by atoms with van der Waals surface area (Å²) in [6.07, 6.45) is 1.46. The SMILES string of the molecule is N#Cc1ccc(F)c(C(=O)C2CCNCC2)c1. The van der Waals surface area contributed by atoms with Crippen LogP contribution < -0.4 is 5.32 Å². The summed E-state index contributed by atoms with van der Waals surface area (Å²) in [7, 11) is 0. The summed E-state index contributed by atoms with van der Waals surface area (Å²) in [4.78, 5) is 12.1. The molecule has 2 rings (SSSR count). The minimum atomic E-state index is -0.535. The van der Waals surface area contributed by atoms with Crippen LogP contribution in [0.2, 0.25) is 0 Å². The molecule has 1 N–H and O–H groups in total. The molecule has 1 heterocycles. The number of rotatable bonds is 2. The first-order valence-corrected chi connectivity index (χ1v) is 5.67. The summed E-state index contributed by atoms with van der Waals surface area (Å²) in [6.45, 7) is 1.58. The van der Waals surface area contributed by atoms with Gasteiger partial charge < -0.3 is 5.32 Å². The summed E-state index contributed by atoms with van der Waals surface area (Å²) >= 11 is 0. The highest BCUT2D eigenvalue weighted by molar-refractivity contribution is 5.98. The molecule has 1 fully saturated rings. The molecule has 0 amide bonds. The number of halogens is 1. The topological polar surface area (TPSA) is 52.9 Å². The van der Waals surface area contributed by atoms with Crippen molar-refractivity contribution >= 4 is 5.78 Å². The lowest BCUT2D eigenvalue weighted by Crippen LogP contribution is -2.32. The molecule has 0 atom stereocenters. The summed E-state index contributed by atoms with van der Waals surface area (Å²) in [6, 6.07) is 5.84. The van der Waals surface area contributed by atoms with Crippen LogP contribution >= 0.6 is 0 Å². The second kappa shape index (κ2) is 5.07. The lowest BCUT2D eigenvalue weighted by molar-refractivity contribution is 0.0891. The van der Waals surface area contributed by atoms with Crippen LogP contribution in [-0.4, -0.2) is 18.9 Å². The maximum Gasteiger partial charge on any atom is 0.169 e. The van der Waals surface area contributed by atoms with Crippen molar-refractivity contribution < 1.29 is 9.18 Å². The molecule has 0 spiro atoms. The molecule has 0 aliphatic carbocycles. The van der Waals surface area contributed by atoms with Crippen molar-refractivity contribution in [2.24, 2.45) is 5.92 Å². The predicted molar refractivity (Wildman–Crippen MR) is 61.0 cm³/mol. The van der Waals surface area contributed by atoms with E-state index in [2.05, 4.69) is 5.32 Å². The molecule has 0 radical (unpaired) electrons. The number of carbonyl (C=O) groups excluding carboxylic acids is 1. The molecule has 1 aromatic carbocycles. The van der Waals surface area contributed by atoms with E-state index < -0.39 is 5.82 Å². The summed E-state index contributed by atoms with van der Waals surface area (Å²) in [5.41, 5.74) is 0.375. The first-order valence-electron chi connectivity index (χ1n) is 5.67. The maximum absolute atomic E-state index is 13.6. The van der Waals surface area contributed by atoms with Crippen LogP contribution in [0.4, 0.5) is 4.39 Å². The largest absolute Gasteiger partial charge is 0.317 e. The molecule has 1 saturated heterocycles. The number of hydrogen-bond donors (Lipinski definition) is 1. The van der Waals surface area contributed by atoms with Crippen LogP contribution in [-0.2, 0) is 0 Å². The summed E-state index contributed by atoms with van der Waals surface area (Å²) in [5.74, 6) is -0.840. The molecule has 1 aliphatic rings. The van der Waals surface area contributed by atoms with Gasteiger partial charge in [-0.3, -0.25) is 4.79 Å². The Kier molecular flexibility index (Phi) is 3.50. The van der Waals surface area contributed by atoms with Crippen molar-refractivity contribution in [2.45, 2.75) is 12.8 Å². The molecular formula is C13H13FN2O. The fourth-order valence-corrected chi connectivity index (χ4v) is 2.09. The molecule has 0 saturated carbocycles. The molecular weight excluding hydrogens is 219 g/mol. The highest BCUT2D eigenvalue weighted by atomic mass is 19.1. The van der Waals surface area contributed by atoms with Gasteiger partial charge >= 0.3 is 0 Å². The predicted octanol–water partition coefficient (Wildman–Crippen LogP) is 1.88. The smallest absolute Gasteiger partial charge is 0.169 e. The molecule has 4 heteroatoms. The molecule has 0 unspecified atom stereocenters. The maximum atomic E-state index is 13.6. The van der Waals surface area contributed by atoms with Crippen LogP contribution in [0.15, 0.2) is 18.2 Å². The van der Waals surface area contributed by atoms with Gasteiger partial charge in [-0.05, 0) is 44.1 Å². The Morgan fingerprint density at radius 1 is 1.41 bits per heavy atom. The Morgan fingerprint density at radius 3 is 2.76 bits per heavy atom. The van der Waals surface area contributed by atoms with E-state index in [4.69, 9.17) is 5.26 Å². The normalized spacial score (nSPS) is 16.5. The molecule has 88 valence electrons. The van der Waals surface area contributed by atoms with Gasteiger partial charge in [0.25, 0.3) is 0 Å². The van der Waals surface area contributed by atoms with E-state index >= 15 is 0 Å². The van der Waals surface area contributed by atoms with E-state index in [0.29, 0.717) is 5.56 Å². The summed E-state index contributed by atoms with van der Waals surface area (Å²) < 4.78 is 13.6. The zero-order valence-corrected chi connectivity index (χ0v) is 9.37. The second-order valence-electron chi connectivity index (χ2n) is 4.19. The Balaban J connectivity index is 2.26. The van der Waals surface area contributed by atoms with E-state index in [-0.39, 0.29) is 17.3 Å². The number of carbonyl (C=O) groups is 1. The van der Waals surface area contributed by atoms with Gasteiger partial charge in [0.05, 0.1) is 17.2 Å². The van der Waals surface area contributed by atoms with Gasteiger partial charge in [0, 0.05) is 5.92 Å². The Hall–Kier alpha value is -1.73. The van der Waals surface area contributed by atoms with Crippen LogP contribution in [0.3, 0.4) is 0 Å². The van der Waals surface area contributed by atoms with Gasteiger partial charge in [0.15, 0.2) is 5.78 Å². The highest BCUT2D eigenvalue weighted by Crippen LogP contribution is 2.21. The van der Waals surface area contributed by atoms with Gasteiger partial charge in [-0.15, -0.1) is 0 Å². The third kappa shape index (κ3) is 2.51. The number of Topliss-reactive ketones (excluding diaryl/α,β-unsaturated/α-hetero) is 1. The van der Waals surface area contributed by atoms with Gasteiger partial charge in [0.1, 0.15) is 5.82 Å². The third-order valence-corrected chi connectivity index (χ3v) is 3.07. The fraction of sp³-hybridized carbons (Fsp3) is 0.385. The molecule has 3 nitrogen and oxygen atoms in total. The third-order valence-electron chi connectivity index (χ3n) is 3.07. The van der Waals surface area contributed by atoms with Crippen LogP contribution in [0.25, 0.3) is 0 Å². The average Bonchev–Trinajstić information content (AvgIpc) is 2.39. The standard InChI is InChI=1S/C13H13FN2O/c14-12-2-1-9(8-15)7-11(12)13(17)10-3-5-16-6-4-10/h1-2,7,10,16H,3-6H2. The molecule has 1 aromatic rings. The van der Waals surface area contributed by atoms with Crippen LogP contribution in [0.5, 0.6) is 0 Å². The lowest BCUT2D eigenvalue weighted by atomic mass is 9.89. The van der Waals surface area contributed by atoms with Crippen molar-refractivity contribution in [2.75, 3.05) is 13.1 Å². The second-order valence-corrected chi connectivity index (χ2v) is 4.19. The first kappa shape index (κ1) is 11.7. The zero-order valence-electron chi connectivity index (χ0n) is 9.37. The first-order chi connectivity index (χ1) is 8.22. The number of nitrogens with zero attached hydrogens (tertiary/aromatic N) is 1. The minimum Gasteiger partial charge on any atom is -0.317 e. The van der Waals surface area contributed by atoms with E-state index in [9.17, 15) is 9.18 Å². The van der Waals surface area contributed by atoms with Gasteiger partial charge in [0.2, 0.25) is 0 Å². The summed E-state index contributed by atoms with van der Waals surface area (Å²) in [5, 5.41) is 11.9. The van der Waals surface area contributed by atoms with E-state index in [1.807, 2.05) is 6.07 Å². The van der Waals surface area contributed by atoms with Crippen LogP contribution in [0.1, 0.15) is 28.8 Å². The van der Waals surface area contributed by atoms with E-state index in [1.165, 1.54) is 18.2 Å². The number of nitrogens with one attached hydrogen (secondary N) is 1. The average molecular weight is 232 g/mol. The molecule has 17 heavy (non-hydrogen) atoms. The zero-order chi connectivity index (χ0) is 12.3. The molecule has 1 aliphatic heterocycles. The van der Waals surface area contributed by atoms with Crippen molar-refractivity contribution in [3.8, 4) is 6.07 Å². The Labute approximate surface area is 99.2 Å². The number of hydrogen-bond acceptors (Lipinski definition) is 3. The van der Waals surface area contributed by atoms with E-state index in [1.54, 1.807) is 0 Å². The van der Waals surface area contributed by atoms with Gasteiger partial charge in [-0.2, -0.15) is 5.26 Å².